The fourth-order valence-corrected chi connectivity index (χ4v) is 2.20. The highest BCUT2D eigenvalue weighted by atomic mass is 19.2. The first-order valence-electron chi connectivity index (χ1n) is 5.14. The smallest absolute Gasteiger partial charge is 0.256 e. The Hall–Kier alpha value is -0.640. The summed E-state index contributed by atoms with van der Waals surface area (Å²) in [6.45, 7) is 1.90. The van der Waals surface area contributed by atoms with Gasteiger partial charge in [-0.25, -0.2) is 0 Å². The van der Waals surface area contributed by atoms with E-state index in [0.29, 0.717) is 32.1 Å². The Kier molecular flexibility index (Phi) is 3.48. The maximum atomic E-state index is 12.8. The molecule has 0 unspecified atom stereocenters. The van der Waals surface area contributed by atoms with Crippen molar-refractivity contribution in [2.24, 2.45) is 5.41 Å². The van der Waals surface area contributed by atoms with Crippen LogP contribution in [-0.4, -0.2) is 29.3 Å². The highest BCUT2D eigenvalue weighted by Crippen LogP contribution is 2.40. The van der Waals surface area contributed by atoms with Crippen LogP contribution in [0.5, 0.6) is 0 Å². The first kappa shape index (κ1) is 11.4. The molecule has 0 radical (unpaired) electrons. The summed E-state index contributed by atoms with van der Waals surface area (Å²) in [4.78, 5) is 11.6. The van der Waals surface area contributed by atoms with Crippen molar-refractivity contribution >= 4 is 5.91 Å². The Balaban J connectivity index is 2.72. The predicted octanol–water partition coefficient (Wildman–Crippen LogP) is 1.66. The van der Waals surface area contributed by atoms with Gasteiger partial charge in [0.2, 0.25) is 0 Å². The summed E-state index contributed by atoms with van der Waals surface area (Å²) in [6, 6.07) is 0. The van der Waals surface area contributed by atoms with Crippen LogP contribution in [0, 0.1) is 5.41 Å². The largest absolute Gasteiger partial charge is 0.393 e. The molecule has 1 fully saturated rings. The highest BCUT2D eigenvalue weighted by Gasteiger charge is 2.41. The third kappa shape index (κ3) is 2.05. The number of aliphatic hydroxyl groups is 1. The summed E-state index contributed by atoms with van der Waals surface area (Å²) in [5, 5.41) is 9.52. The molecule has 0 aromatic rings. The lowest BCUT2D eigenvalue weighted by Gasteiger charge is -2.37. The van der Waals surface area contributed by atoms with Crippen molar-refractivity contribution in [2.45, 2.75) is 45.1 Å². The van der Waals surface area contributed by atoms with Crippen LogP contribution in [0.25, 0.3) is 0 Å². The first-order valence-corrected chi connectivity index (χ1v) is 5.14. The van der Waals surface area contributed by atoms with Crippen LogP contribution in [0.3, 0.4) is 0 Å². The van der Waals surface area contributed by atoms with Gasteiger partial charge in [-0.1, -0.05) is 11.4 Å². The van der Waals surface area contributed by atoms with Crippen molar-refractivity contribution < 1.29 is 14.4 Å². The number of nitrogens with zero attached hydrogens (tertiary/aromatic N) is 1. The van der Waals surface area contributed by atoms with Crippen LogP contribution in [0.4, 0.5) is 4.48 Å². The summed E-state index contributed by atoms with van der Waals surface area (Å²) in [7, 11) is 1.14. The zero-order valence-corrected chi connectivity index (χ0v) is 8.79. The minimum atomic E-state index is -0.567. The van der Waals surface area contributed by atoms with E-state index in [4.69, 9.17) is 0 Å². The van der Waals surface area contributed by atoms with Gasteiger partial charge in [0.15, 0.2) is 0 Å². The van der Waals surface area contributed by atoms with E-state index in [1.165, 1.54) is 0 Å². The van der Waals surface area contributed by atoms with Crippen LogP contribution < -0.4 is 0 Å². The number of hydrogen-bond donors (Lipinski definition) is 1. The van der Waals surface area contributed by atoms with Gasteiger partial charge in [0, 0.05) is 7.05 Å². The van der Waals surface area contributed by atoms with E-state index in [-0.39, 0.29) is 11.2 Å². The lowest BCUT2D eigenvalue weighted by Crippen LogP contribution is -2.41. The molecule has 82 valence electrons. The van der Waals surface area contributed by atoms with Gasteiger partial charge in [-0.05, 0) is 32.1 Å². The molecule has 1 aliphatic rings. The third-order valence-electron chi connectivity index (χ3n) is 3.32. The van der Waals surface area contributed by atoms with Crippen LogP contribution >= 0.6 is 0 Å². The molecule has 0 saturated heterocycles. The molecule has 1 N–H and O–H groups in total. The van der Waals surface area contributed by atoms with Crippen LogP contribution in [0.1, 0.15) is 39.0 Å². The number of amides is 1. The summed E-state index contributed by atoms with van der Waals surface area (Å²) in [6.07, 6.45) is 2.73. The quantitative estimate of drug-likeness (QED) is 0.693. The third-order valence-corrected chi connectivity index (χ3v) is 3.32. The lowest BCUT2D eigenvalue weighted by atomic mass is 9.70. The molecular formula is C10H18FNO2. The Morgan fingerprint density at radius 3 is 2.43 bits per heavy atom. The van der Waals surface area contributed by atoms with Crippen molar-refractivity contribution in [1.29, 1.82) is 0 Å². The second-order valence-corrected chi connectivity index (χ2v) is 4.15. The molecule has 0 heterocycles. The zero-order valence-electron chi connectivity index (χ0n) is 8.79. The Labute approximate surface area is 83.8 Å². The molecule has 1 rings (SSSR count). The van der Waals surface area contributed by atoms with Crippen molar-refractivity contribution in [1.82, 2.24) is 5.12 Å². The van der Waals surface area contributed by atoms with E-state index in [9.17, 15) is 14.4 Å². The van der Waals surface area contributed by atoms with E-state index < -0.39 is 11.3 Å². The van der Waals surface area contributed by atoms with Gasteiger partial charge in [0.25, 0.3) is 5.91 Å². The molecule has 0 bridgehead atoms. The minimum Gasteiger partial charge on any atom is -0.393 e. The Bertz CT molecular complexity index is 210. The van der Waals surface area contributed by atoms with Crippen LogP contribution in [-0.2, 0) is 4.79 Å². The number of halogens is 1. The van der Waals surface area contributed by atoms with E-state index >= 15 is 0 Å². The fourth-order valence-electron chi connectivity index (χ4n) is 2.20. The predicted molar refractivity (Wildman–Crippen MR) is 51.1 cm³/mol. The fraction of sp³-hybridized carbons (Fsp3) is 0.900. The normalized spacial score (nSPS) is 32.7. The molecule has 0 aromatic carbocycles. The first-order chi connectivity index (χ1) is 6.52. The number of carbonyl (C=O) groups excluding carboxylic acids is 1. The Morgan fingerprint density at radius 1 is 1.57 bits per heavy atom. The molecule has 0 aromatic heterocycles. The molecule has 1 amide bonds. The summed E-state index contributed by atoms with van der Waals surface area (Å²) in [5.74, 6) is -0.438. The average molecular weight is 203 g/mol. The number of hydrogen-bond acceptors (Lipinski definition) is 2. The van der Waals surface area contributed by atoms with Gasteiger partial charge in [-0.15, -0.1) is 0 Å². The SMILES string of the molecule is CCC1(C(=O)N(C)F)CCC(O)CC1. The lowest BCUT2D eigenvalue weighted by molar-refractivity contribution is -0.158. The second-order valence-electron chi connectivity index (χ2n) is 4.15. The topological polar surface area (TPSA) is 40.5 Å². The van der Waals surface area contributed by atoms with E-state index in [2.05, 4.69) is 0 Å². The van der Waals surface area contributed by atoms with Crippen molar-refractivity contribution in [3.8, 4) is 0 Å². The molecule has 4 heteroatoms. The molecule has 1 aliphatic carbocycles. The molecule has 0 aliphatic heterocycles. The molecule has 0 spiro atoms. The summed E-state index contributed by atoms with van der Waals surface area (Å²) >= 11 is 0. The standard InChI is InChI=1S/C10H18FNO2/c1-3-10(9(14)12(2)11)6-4-8(13)5-7-10/h8,13H,3-7H2,1-2H3. The molecule has 3 nitrogen and oxygen atoms in total. The van der Waals surface area contributed by atoms with E-state index in [0.717, 1.165) is 7.05 Å². The molecular weight excluding hydrogens is 185 g/mol. The van der Waals surface area contributed by atoms with Gasteiger partial charge in [-0.2, -0.15) is 5.12 Å². The molecule has 0 atom stereocenters. The summed E-state index contributed by atoms with van der Waals surface area (Å²) < 4.78 is 12.8. The van der Waals surface area contributed by atoms with Crippen molar-refractivity contribution in [2.75, 3.05) is 7.05 Å². The number of aliphatic hydroxyl groups excluding tert-OH is 1. The van der Waals surface area contributed by atoms with Gasteiger partial charge >= 0.3 is 0 Å². The van der Waals surface area contributed by atoms with Crippen LogP contribution in [0.15, 0.2) is 0 Å². The minimum absolute atomic E-state index is 0.182. The summed E-state index contributed by atoms with van der Waals surface area (Å²) in [5.41, 5.74) is -0.567. The Morgan fingerprint density at radius 2 is 2.07 bits per heavy atom. The second kappa shape index (κ2) is 4.26. The van der Waals surface area contributed by atoms with Crippen molar-refractivity contribution in [3.05, 3.63) is 0 Å². The maximum Gasteiger partial charge on any atom is 0.256 e. The van der Waals surface area contributed by atoms with E-state index in [1.807, 2.05) is 6.92 Å². The van der Waals surface area contributed by atoms with Gasteiger partial charge < -0.3 is 5.11 Å². The number of carbonyl (C=O) groups is 1. The number of rotatable bonds is 2. The zero-order chi connectivity index (χ0) is 10.8. The van der Waals surface area contributed by atoms with Crippen LogP contribution in [0.2, 0.25) is 0 Å². The van der Waals surface area contributed by atoms with Gasteiger partial charge in [-0.3, -0.25) is 4.79 Å². The van der Waals surface area contributed by atoms with Gasteiger partial charge in [0.05, 0.1) is 11.5 Å². The maximum absolute atomic E-state index is 12.8. The highest BCUT2D eigenvalue weighted by molar-refractivity contribution is 5.81. The van der Waals surface area contributed by atoms with E-state index in [1.54, 1.807) is 0 Å². The van der Waals surface area contributed by atoms with Crippen molar-refractivity contribution in [3.63, 3.8) is 0 Å². The molecule has 14 heavy (non-hydrogen) atoms. The average Bonchev–Trinajstić information content (AvgIpc) is 2.18. The van der Waals surface area contributed by atoms with Gasteiger partial charge in [0.1, 0.15) is 0 Å². The monoisotopic (exact) mass is 203 g/mol. The molecule has 1 saturated carbocycles.